The molecule has 1 heterocycles. The number of guanidine groups is 1. The molecule has 1 saturated heterocycles. The maximum atomic E-state index is 14.0. The fourth-order valence-electron chi connectivity index (χ4n) is 3.40. The highest BCUT2D eigenvalue weighted by molar-refractivity contribution is 5.80. The van der Waals surface area contributed by atoms with Gasteiger partial charge in [-0.15, -0.1) is 0 Å². The van der Waals surface area contributed by atoms with Crippen molar-refractivity contribution in [2.75, 3.05) is 53.9 Å². The highest BCUT2D eigenvalue weighted by Gasteiger charge is 2.21. The van der Waals surface area contributed by atoms with Crippen LogP contribution in [0.15, 0.2) is 23.2 Å². The zero-order chi connectivity index (χ0) is 21.4. The Hall–Kier alpha value is -2.19. The third-order valence-electron chi connectivity index (χ3n) is 4.75. The Kier molecular flexibility index (Phi) is 8.85. The summed E-state index contributed by atoms with van der Waals surface area (Å²) in [7, 11) is 5.63. The zero-order valence-corrected chi connectivity index (χ0v) is 18.3. The lowest BCUT2D eigenvalue weighted by molar-refractivity contribution is -0.123. The molecule has 0 saturated carbocycles. The van der Waals surface area contributed by atoms with Gasteiger partial charge in [0.1, 0.15) is 5.82 Å². The molecule has 0 radical (unpaired) electrons. The van der Waals surface area contributed by atoms with Crippen molar-refractivity contribution in [3.8, 4) is 0 Å². The molecule has 1 aliphatic rings. The van der Waals surface area contributed by atoms with E-state index in [1.807, 2.05) is 38.9 Å². The van der Waals surface area contributed by atoms with E-state index in [1.165, 1.54) is 6.07 Å². The molecule has 0 atom stereocenters. The maximum Gasteiger partial charge on any atom is 0.234 e. The summed E-state index contributed by atoms with van der Waals surface area (Å²) in [5.41, 5.74) is 1.71. The minimum atomic E-state index is -0.176. The number of benzene rings is 1. The van der Waals surface area contributed by atoms with Gasteiger partial charge in [-0.05, 0) is 45.6 Å². The standard InChI is InChI=1S/C21H35FN6O/c1-16(2)25-20(29)15-27-8-10-28(11-9-27)21(23-3)24-13-17-6-7-19(22)18(12-17)14-26(4)5/h6-7,12,16H,8-11,13-15H2,1-5H3,(H,23,24)(H,25,29). The molecule has 1 aromatic carbocycles. The van der Waals surface area contributed by atoms with E-state index in [1.54, 1.807) is 13.1 Å². The molecule has 0 unspecified atom stereocenters. The Morgan fingerprint density at radius 2 is 1.93 bits per heavy atom. The number of hydrogen-bond donors (Lipinski definition) is 2. The Bertz CT molecular complexity index is 698. The van der Waals surface area contributed by atoms with Gasteiger partial charge in [0, 0.05) is 57.9 Å². The number of halogens is 1. The molecule has 0 spiro atoms. The van der Waals surface area contributed by atoms with Crippen LogP contribution >= 0.6 is 0 Å². The van der Waals surface area contributed by atoms with Gasteiger partial charge in [-0.25, -0.2) is 4.39 Å². The first-order valence-corrected chi connectivity index (χ1v) is 10.2. The predicted molar refractivity (Wildman–Crippen MR) is 115 cm³/mol. The monoisotopic (exact) mass is 406 g/mol. The van der Waals surface area contributed by atoms with E-state index < -0.39 is 0 Å². The van der Waals surface area contributed by atoms with E-state index in [-0.39, 0.29) is 17.8 Å². The summed E-state index contributed by atoms with van der Waals surface area (Å²) in [4.78, 5) is 22.6. The number of aliphatic imine (C=N–C) groups is 1. The number of carbonyl (C=O) groups is 1. The SMILES string of the molecule is CN=C(NCc1ccc(F)c(CN(C)C)c1)N1CCN(CC(=O)NC(C)C)CC1. The summed E-state index contributed by atoms with van der Waals surface area (Å²) in [5.74, 6) is 0.722. The van der Waals surface area contributed by atoms with Crippen LogP contribution in [0, 0.1) is 5.82 Å². The van der Waals surface area contributed by atoms with Gasteiger partial charge in [0.2, 0.25) is 5.91 Å². The molecule has 0 aliphatic carbocycles. The first kappa shape index (κ1) is 23.1. The second kappa shape index (κ2) is 11.1. The number of piperazine rings is 1. The lowest BCUT2D eigenvalue weighted by Crippen LogP contribution is -2.54. The molecule has 0 aromatic heterocycles. The third kappa shape index (κ3) is 7.62. The van der Waals surface area contributed by atoms with Crippen LogP contribution in [0.25, 0.3) is 0 Å². The summed E-state index contributed by atoms with van der Waals surface area (Å²) in [6.07, 6.45) is 0. The van der Waals surface area contributed by atoms with Gasteiger partial charge in [0.15, 0.2) is 5.96 Å². The fraction of sp³-hybridized carbons (Fsp3) is 0.619. The summed E-state index contributed by atoms with van der Waals surface area (Å²) in [6, 6.07) is 5.40. The number of nitrogens with one attached hydrogen (secondary N) is 2. The highest BCUT2D eigenvalue weighted by Crippen LogP contribution is 2.12. The van der Waals surface area contributed by atoms with Crippen LogP contribution in [0.5, 0.6) is 0 Å². The van der Waals surface area contributed by atoms with Crippen molar-refractivity contribution in [1.82, 2.24) is 25.3 Å². The normalized spacial score (nSPS) is 15.9. The van der Waals surface area contributed by atoms with E-state index in [0.29, 0.717) is 25.2 Å². The Morgan fingerprint density at radius 3 is 2.52 bits per heavy atom. The van der Waals surface area contributed by atoms with Crippen LogP contribution in [0.2, 0.25) is 0 Å². The van der Waals surface area contributed by atoms with Crippen LogP contribution in [0.4, 0.5) is 4.39 Å². The number of amides is 1. The maximum absolute atomic E-state index is 14.0. The van der Waals surface area contributed by atoms with Gasteiger partial charge in [-0.3, -0.25) is 14.7 Å². The molecule has 7 nitrogen and oxygen atoms in total. The quantitative estimate of drug-likeness (QED) is 0.525. The summed E-state index contributed by atoms with van der Waals surface area (Å²) >= 11 is 0. The second-order valence-corrected chi connectivity index (χ2v) is 8.05. The van der Waals surface area contributed by atoms with Gasteiger partial charge < -0.3 is 20.4 Å². The zero-order valence-electron chi connectivity index (χ0n) is 18.3. The average molecular weight is 407 g/mol. The lowest BCUT2D eigenvalue weighted by Gasteiger charge is -2.36. The van der Waals surface area contributed by atoms with Crippen LogP contribution in [-0.2, 0) is 17.9 Å². The van der Waals surface area contributed by atoms with Crippen molar-refractivity contribution >= 4 is 11.9 Å². The average Bonchev–Trinajstić information content (AvgIpc) is 2.65. The molecule has 1 fully saturated rings. The molecule has 2 rings (SSSR count). The molecule has 1 amide bonds. The number of carbonyl (C=O) groups excluding carboxylic acids is 1. The van der Waals surface area contributed by atoms with Crippen LogP contribution < -0.4 is 10.6 Å². The van der Waals surface area contributed by atoms with Crippen molar-refractivity contribution < 1.29 is 9.18 Å². The molecule has 1 aromatic rings. The predicted octanol–water partition coefficient (Wildman–Crippen LogP) is 1.10. The van der Waals surface area contributed by atoms with Crippen molar-refractivity contribution in [2.45, 2.75) is 33.0 Å². The second-order valence-electron chi connectivity index (χ2n) is 8.05. The van der Waals surface area contributed by atoms with E-state index in [9.17, 15) is 9.18 Å². The molecule has 29 heavy (non-hydrogen) atoms. The third-order valence-corrected chi connectivity index (χ3v) is 4.75. The van der Waals surface area contributed by atoms with E-state index in [4.69, 9.17) is 0 Å². The van der Waals surface area contributed by atoms with Gasteiger partial charge in [0.25, 0.3) is 0 Å². The lowest BCUT2D eigenvalue weighted by atomic mass is 10.1. The smallest absolute Gasteiger partial charge is 0.234 e. The first-order valence-electron chi connectivity index (χ1n) is 10.2. The van der Waals surface area contributed by atoms with Crippen molar-refractivity contribution in [1.29, 1.82) is 0 Å². The molecule has 2 N–H and O–H groups in total. The van der Waals surface area contributed by atoms with E-state index in [2.05, 4.69) is 25.4 Å². The number of nitrogens with zero attached hydrogens (tertiary/aromatic N) is 4. The van der Waals surface area contributed by atoms with Crippen molar-refractivity contribution in [3.05, 3.63) is 35.1 Å². The van der Waals surface area contributed by atoms with Crippen LogP contribution in [-0.4, -0.2) is 86.5 Å². The number of rotatable bonds is 7. The summed E-state index contributed by atoms with van der Waals surface area (Å²) < 4.78 is 14.0. The molecule has 162 valence electrons. The van der Waals surface area contributed by atoms with Crippen LogP contribution in [0.1, 0.15) is 25.0 Å². The van der Waals surface area contributed by atoms with Crippen LogP contribution in [0.3, 0.4) is 0 Å². The van der Waals surface area contributed by atoms with Crippen molar-refractivity contribution in [2.24, 2.45) is 4.99 Å². The van der Waals surface area contributed by atoms with E-state index >= 15 is 0 Å². The molecule has 8 heteroatoms. The molecular weight excluding hydrogens is 371 g/mol. The molecule has 1 aliphatic heterocycles. The topological polar surface area (TPSA) is 63.2 Å². The van der Waals surface area contributed by atoms with Gasteiger partial charge >= 0.3 is 0 Å². The van der Waals surface area contributed by atoms with Crippen molar-refractivity contribution in [3.63, 3.8) is 0 Å². The Balaban J connectivity index is 1.85. The highest BCUT2D eigenvalue weighted by atomic mass is 19.1. The minimum Gasteiger partial charge on any atom is -0.353 e. The Morgan fingerprint density at radius 1 is 1.24 bits per heavy atom. The van der Waals surface area contributed by atoms with E-state index in [0.717, 1.165) is 37.7 Å². The van der Waals surface area contributed by atoms with Gasteiger partial charge in [-0.2, -0.15) is 0 Å². The summed E-state index contributed by atoms with van der Waals surface area (Å²) in [5, 5.41) is 6.31. The van der Waals surface area contributed by atoms with Gasteiger partial charge in [-0.1, -0.05) is 6.07 Å². The molecular formula is C21H35FN6O. The number of hydrogen-bond acceptors (Lipinski definition) is 4. The largest absolute Gasteiger partial charge is 0.353 e. The fourth-order valence-corrected chi connectivity index (χ4v) is 3.40. The summed E-state index contributed by atoms with van der Waals surface area (Å²) in [6.45, 7) is 8.78. The minimum absolute atomic E-state index is 0.0702. The van der Waals surface area contributed by atoms with Gasteiger partial charge in [0.05, 0.1) is 6.54 Å². The Labute approximate surface area is 174 Å². The molecule has 0 bridgehead atoms. The first-order chi connectivity index (χ1) is 13.8.